The summed E-state index contributed by atoms with van der Waals surface area (Å²) >= 11 is 0. The van der Waals surface area contributed by atoms with Gasteiger partial charge in [-0.3, -0.25) is 14.5 Å². The largest absolute Gasteiger partial charge is 0.447 e. The third kappa shape index (κ3) is 5.07. The topological polar surface area (TPSA) is 70.2 Å². The van der Waals surface area contributed by atoms with Gasteiger partial charge in [0, 0.05) is 13.1 Å². The molecule has 0 aromatic carbocycles. The van der Waals surface area contributed by atoms with Gasteiger partial charge in [-0.15, -0.1) is 0 Å². The van der Waals surface area contributed by atoms with Crippen molar-refractivity contribution in [3.8, 4) is 0 Å². The summed E-state index contributed by atoms with van der Waals surface area (Å²) in [4.78, 5) is 46.3. The molecular formula is C25H43N3O4. The minimum atomic E-state index is -0.574. The molecule has 182 valence electrons. The fourth-order valence-corrected chi connectivity index (χ4v) is 5.54. The molecule has 7 heteroatoms. The van der Waals surface area contributed by atoms with E-state index < -0.39 is 17.6 Å². The lowest BCUT2D eigenvalue weighted by Gasteiger charge is -2.57. The van der Waals surface area contributed by atoms with Crippen molar-refractivity contribution < 1.29 is 19.1 Å². The van der Waals surface area contributed by atoms with Crippen LogP contribution in [-0.4, -0.2) is 70.6 Å². The number of amides is 3. The highest BCUT2D eigenvalue weighted by molar-refractivity contribution is 5.93. The highest BCUT2D eigenvalue weighted by atomic mass is 16.6. The van der Waals surface area contributed by atoms with Crippen molar-refractivity contribution in [1.82, 2.24) is 14.7 Å². The molecule has 1 aliphatic carbocycles. The molecule has 3 fully saturated rings. The quantitative estimate of drug-likeness (QED) is 0.578. The van der Waals surface area contributed by atoms with E-state index in [4.69, 9.17) is 4.74 Å². The predicted molar refractivity (Wildman–Crippen MR) is 124 cm³/mol. The summed E-state index contributed by atoms with van der Waals surface area (Å²) in [5.74, 6) is 0.623. The number of unbranched alkanes of at least 4 members (excludes halogenated alkanes) is 1. The molecule has 0 radical (unpaired) electrons. The van der Waals surface area contributed by atoms with Crippen molar-refractivity contribution >= 4 is 17.9 Å². The number of rotatable bonds is 7. The third-order valence-corrected chi connectivity index (χ3v) is 7.35. The molecule has 0 bridgehead atoms. The Morgan fingerprint density at radius 1 is 1.12 bits per heavy atom. The summed E-state index contributed by atoms with van der Waals surface area (Å²) in [6.07, 6.45) is 7.06. The van der Waals surface area contributed by atoms with Crippen LogP contribution in [-0.2, 0) is 14.3 Å². The number of fused-ring (bicyclic) bond motifs is 1. The van der Waals surface area contributed by atoms with E-state index in [1.54, 1.807) is 9.80 Å². The van der Waals surface area contributed by atoms with Crippen LogP contribution in [0.1, 0.15) is 92.4 Å². The van der Waals surface area contributed by atoms with Crippen molar-refractivity contribution in [3.63, 3.8) is 0 Å². The Balaban J connectivity index is 1.98. The molecule has 0 aromatic heterocycles. The minimum Gasteiger partial charge on any atom is -0.447 e. The van der Waals surface area contributed by atoms with Crippen LogP contribution in [0.25, 0.3) is 0 Å². The SMILES string of the molecule is CCCC[C@H]1C(=O)N(CCC(C)C)C[C@@H]2N(C(=O)OC(C)C)CC3(CCCCC3)C(=O)N21. The molecule has 3 rings (SSSR count). The van der Waals surface area contributed by atoms with Gasteiger partial charge in [0.25, 0.3) is 0 Å². The molecular weight excluding hydrogens is 406 g/mol. The molecule has 2 heterocycles. The molecule has 2 aliphatic heterocycles. The maximum atomic E-state index is 14.0. The van der Waals surface area contributed by atoms with Gasteiger partial charge in [0.1, 0.15) is 12.2 Å². The van der Waals surface area contributed by atoms with E-state index in [1.807, 2.05) is 18.7 Å². The summed E-state index contributed by atoms with van der Waals surface area (Å²) in [7, 11) is 0. The second kappa shape index (κ2) is 10.4. The van der Waals surface area contributed by atoms with Crippen LogP contribution in [0.2, 0.25) is 0 Å². The maximum absolute atomic E-state index is 14.0. The Labute approximate surface area is 193 Å². The third-order valence-electron chi connectivity index (χ3n) is 7.35. The number of hydrogen-bond donors (Lipinski definition) is 0. The first-order chi connectivity index (χ1) is 15.2. The lowest BCUT2D eigenvalue weighted by atomic mass is 9.70. The number of carbonyl (C=O) groups excluding carboxylic acids is 3. The molecule has 0 N–H and O–H groups in total. The van der Waals surface area contributed by atoms with E-state index in [2.05, 4.69) is 20.8 Å². The van der Waals surface area contributed by atoms with Crippen LogP contribution in [0.3, 0.4) is 0 Å². The normalized spacial score (nSPS) is 25.7. The molecule has 1 spiro atoms. The Bertz CT molecular complexity index is 687. The molecule has 3 amide bonds. The van der Waals surface area contributed by atoms with Crippen LogP contribution >= 0.6 is 0 Å². The van der Waals surface area contributed by atoms with Gasteiger partial charge in [-0.2, -0.15) is 0 Å². The van der Waals surface area contributed by atoms with Gasteiger partial charge >= 0.3 is 6.09 Å². The molecule has 1 saturated carbocycles. The van der Waals surface area contributed by atoms with E-state index in [1.165, 1.54) is 0 Å². The monoisotopic (exact) mass is 449 g/mol. The predicted octanol–water partition coefficient (Wildman–Crippen LogP) is 4.40. The standard InChI is InChI=1S/C25H43N3O4/c1-6-7-11-20-22(29)26(15-12-18(2)3)16-21-27(24(31)32-19(4)5)17-25(23(30)28(20)21)13-9-8-10-14-25/h18-21H,6-17H2,1-5H3/t20-,21+/m0/s1. The lowest BCUT2D eigenvalue weighted by molar-refractivity contribution is -0.183. The Morgan fingerprint density at radius 2 is 1.81 bits per heavy atom. The number of nitrogens with zero attached hydrogens (tertiary/aromatic N) is 3. The van der Waals surface area contributed by atoms with E-state index in [-0.39, 0.29) is 24.0 Å². The zero-order valence-electron chi connectivity index (χ0n) is 20.8. The van der Waals surface area contributed by atoms with Crippen LogP contribution in [0.5, 0.6) is 0 Å². The first-order valence-corrected chi connectivity index (χ1v) is 12.8. The Hall–Kier alpha value is -1.79. The summed E-state index contributed by atoms with van der Waals surface area (Å²) in [5, 5.41) is 0. The first-order valence-electron chi connectivity index (χ1n) is 12.8. The average Bonchev–Trinajstić information content (AvgIpc) is 2.74. The van der Waals surface area contributed by atoms with Crippen molar-refractivity contribution in [3.05, 3.63) is 0 Å². The van der Waals surface area contributed by atoms with E-state index in [0.29, 0.717) is 32.0 Å². The maximum Gasteiger partial charge on any atom is 0.411 e. The van der Waals surface area contributed by atoms with Gasteiger partial charge in [-0.1, -0.05) is 52.9 Å². The Morgan fingerprint density at radius 3 is 2.41 bits per heavy atom. The van der Waals surface area contributed by atoms with Gasteiger partial charge in [0.05, 0.1) is 18.1 Å². The van der Waals surface area contributed by atoms with Gasteiger partial charge in [-0.05, 0) is 45.4 Å². The number of carbonyl (C=O) groups is 3. The zero-order valence-corrected chi connectivity index (χ0v) is 20.8. The second-order valence-corrected chi connectivity index (χ2v) is 10.7. The highest BCUT2D eigenvalue weighted by Gasteiger charge is 2.57. The molecule has 3 aliphatic rings. The van der Waals surface area contributed by atoms with E-state index >= 15 is 0 Å². The van der Waals surface area contributed by atoms with Crippen LogP contribution in [0, 0.1) is 11.3 Å². The molecule has 2 atom stereocenters. The van der Waals surface area contributed by atoms with Crippen molar-refractivity contribution in [2.24, 2.45) is 11.3 Å². The first kappa shape index (κ1) is 24.8. The minimum absolute atomic E-state index is 0.0498. The molecule has 0 unspecified atom stereocenters. The number of piperazine rings is 1. The van der Waals surface area contributed by atoms with Crippen LogP contribution in [0.15, 0.2) is 0 Å². The number of hydrogen-bond acceptors (Lipinski definition) is 4. The highest BCUT2D eigenvalue weighted by Crippen LogP contribution is 2.45. The van der Waals surface area contributed by atoms with E-state index in [9.17, 15) is 14.4 Å². The van der Waals surface area contributed by atoms with Crippen molar-refractivity contribution in [2.75, 3.05) is 19.6 Å². The summed E-state index contributed by atoms with van der Waals surface area (Å²) in [6, 6.07) is -0.484. The molecule has 7 nitrogen and oxygen atoms in total. The Kier molecular flexibility index (Phi) is 8.10. The number of ether oxygens (including phenoxy) is 1. The second-order valence-electron chi connectivity index (χ2n) is 10.7. The van der Waals surface area contributed by atoms with Gasteiger partial charge in [0.2, 0.25) is 11.8 Å². The van der Waals surface area contributed by atoms with Crippen LogP contribution in [0.4, 0.5) is 4.79 Å². The van der Waals surface area contributed by atoms with Crippen molar-refractivity contribution in [2.45, 2.75) is 111 Å². The smallest absolute Gasteiger partial charge is 0.411 e. The zero-order chi connectivity index (χ0) is 23.5. The van der Waals surface area contributed by atoms with E-state index in [0.717, 1.165) is 51.4 Å². The van der Waals surface area contributed by atoms with Crippen molar-refractivity contribution in [1.29, 1.82) is 0 Å². The summed E-state index contributed by atoms with van der Waals surface area (Å²) in [5.41, 5.74) is -0.574. The molecule has 2 saturated heterocycles. The fraction of sp³-hybridized carbons (Fsp3) is 0.880. The van der Waals surface area contributed by atoms with Gasteiger partial charge in [0.15, 0.2) is 0 Å². The van der Waals surface area contributed by atoms with Gasteiger partial charge in [-0.25, -0.2) is 4.79 Å². The van der Waals surface area contributed by atoms with Gasteiger partial charge < -0.3 is 14.5 Å². The van der Waals surface area contributed by atoms with Crippen LogP contribution < -0.4 is 0 Å². The summed E-state index contributed by atoms with van der Waals surface area (Å²) < 4.78 is 5.63. The fourth-order valence-electron chi connectivity index (χ4n) is 5.54. The molecule has 0 aromatic rings. The lowest BCUT2D eigenvalue weighted by Crippen LogP contribution is -2.75. The summed E-state index contributed by atoms with van der Waals surface area (Å²) in [6.45, 7) is 11.6. The average molecular weight is 450 g/mol. The molecule has 32 heavy (non-hydrogen) atoms.